The third kappa shape index (κ3) is 8.83. The molecule has 0 atom stereocenters. The fourth-order valence-electron chi connectivity index (χ4n) is 0. The van der Waals surface area contributed by atoms with Crippen LogP contribution in [-0.2, 0) is 0 Å². The van der Waals surface area contributed by atoms with Crippen LogP contribution in [0, 0.1) is 0 Å². The van der Waals surface area contributed by atoms with E-state index in [1.54, 1.807) is 0 Å². The first kappa shape index (κ1) is 29.8. The van der Waals surface area contributed by atoms with Gasteiger partial charge in [0.15, 0.2) is 0 Å². The zero-order valence-corrected chi connectivity index (χ0v) is 12.4. The molecule has 0 aromatic heterocycles. The van der Waals surface area contributed by atoms with Gasteiger partial charge in [-0.25, -0.2) is 0 Å². The second-order valence-corrected chi connectivity index (χ2v) is 0. The fourth-order valence-corrected chi connectivity index (χ4v) is 0. The molecule has 0 aliphatic heterocycles. The molecule has 0 nitrogen and oxygen atoms in total. The van der Waals surface area contributed by atoms with Gasteiger partial charge in [-0.2, -0.15) is 0 Å². The van der Waals surface area contributed by atoms with Crippen molar-refractivity contribution in [1.82, 2.24) is 0 Å². The topological polar surface area (TPSA) is 0 Å². The molecule has 0 bridgehead atoms. The molecule has 0 rings (SSSR count). The van der Waals surface area contributed by atoms with Crippen molar-refractivity contribution in [3.8, 4) is 0 Å². The smallest absolute Gasteiger partial charge is 0 e. The van der Waals surface area contributed by atoms with Crippen LogP contribution < -0.4 is 0 Å². The van der Waals surface area contributed by atoms with Gasteiger partial charge >= 0.3 is 0 Å². The van der Waals surface area contributed by atoms with Gasteiger partial charge in [0.2, 0.25) is 0 Å². The molecule has 4 heavy (non-hydrogen) atoms. The molecular formula is Ga3Sn. The average Bonchev–Trinajstić information content (AvgIpc) is 0. The monoisotopic (exact) mass is 327 g/mol. The molecule has 0 spiro atoms. The van der Waals surface area contributed by atoms with E-state index < -0.39 is 0 Å². The van der Waals surface area contributed by atoms with Gasteiger partial charge in [0.25, 0.3) is 0 Å². The van der Waals surface area contributed by atoms with Crippen LogP contribution in [0.2, 0.25) is 0 Å². The van der Waals surface area contributed by atoms with E-state index in [1.807, 2.05) is 0 Å². The van der Waals surface area contributed by atoms with Gasteiger partial charge in [0.05, 0.1) is 0 Å². The Hall–Kier alpha value is 2.71. The maximum Gasteiger partial charge on any atom is 0 e. The van der Waals surface area contributed by atoms with Crippen LogP contribution in [0.3, 0.4) is 0 Å². The molecule has 0 heterocycles. The molecule has 0 N–H and O–H groups in total. The SMILES string of the molecule is [Ga].[Ga].[Ga].[Sn]. The van der Waals surface area contributed by atoms with Crippen LogP contribution in [0.4, 0.5) is 0 Å². The molecule has 0 fully saturated rings. The summed E-state index contributed by atoms with van der Waals surface area (Å²) >= 11 is 0. The van der Waals surface area contributed by atoms with Crippen LogP contribution >= 0.6 is 0 Å². The molecule has 0 aromatic carbocycles. The van der Waals surface area contributed by atoms with Crippen molar-refractivity contribution in [3.63, 3.8) is 0 Å². The molecule has 0 aliphatic carbocycles. The molecule has 0 unspecified atom stereocenters. The number of hydrogen-bond acceptors (Lipinski definition) is 0. The molecule has 0 aliphatic rings. The Balaban J connectivity index is 0. The predicted molar refractivity (Wildman–Crippen MR) is 23.0 cm³/mol. The van der Waals surface area contributed by atoms with E-state index >= 15 is 0 Å². The molecule has 4 heteroatoms. The minimum absolute atomic E-state index is 0. The first-order chi connectivity index (χ1) is 0. The maximum absolute atomic E-state index is 0. The largest absolute Gasteiger partial charge is 0 e. The Morgan fingerprint density at radius 3 is 0.500 bits per heavy atom. The van der Waals surface area contributed by atoms with Crippen LogP contribution in [-0.4, -0.2) is 83.3 Å². The molecule has 0 saturated carbocycles. The van der Waals surface area contributed by atoms with Crippen molar-refractivity contribution in [3.05, 3.63) is 0 Å². The Morgan fingerprint density at radius 2 is 0.500 bits per heavy atom. The summed E-state index contributed by atoms with van der Waals surface area (Å²) in [5.74, 6) is 0. The van der Waals surface area contributed by atoms with Gasteiger partial charge in [-0.05, 0) is 0 Å². The van der Waals surface area contributed by atoms with E-state index in [1.165, 1.54) is 0 Å². The van der Waals surface area contributed by atoms with Crippen molar-refractivity contribution >= 4 is 83.3 Å². The van der Waals surface area contributed by atoms with E-state index in [-0.39, 0.29) is 83.3 Å². The van der Waals surface area contributed by atoms with Gasteiger partial charge in [0, 0.05) is 83.3 Å². The number of hydrogen-bond donors (Lipinski definition) is 0. The van der Waals surface area contributed by atoms with Crippen molar-refractivity contribution in [2.45, 2.75) is 0 Å². The Kier molecular flexibility index (Phi) is 129. The van der Waals surface area contributed by atoms with Crippen molar-refractivity contribution < 1.29 is 0 Å². The molecular weight excluding hydrogens is 328 g/mol. The molecule has 0 aromatic rings. The summed E-state index contributed by atoms with van der Waals surface area (Å²) in [6, 6.07) is 0. The Bertz CT molecular complexity index is 3.25. The summed E-state index contributed by atoms with van der Waals surface area (Å²) in [5, 5.41) is 0. The summed E-state index contributed by atoms with van der Waals surface area (Å²) in [6.45, 7) is 0. The fraction of sp³-hybridized carbons (Fsp3) is 0. The Morgan fingerprint density at radius 1 is 0.500 bits per heavy atom. The van der Waals surface area contributed by atoms with Gasteiger partial charge in [-0.15, -0.1) is 0 Å². The van der Waals surface area contributed by atoms with Gasteiger partial charge < -0.3 is 0 Å². The zero-order chi connectivity index (χ0) is 0. The molecule has 0 amide bonds. The maximum atomic E-state index is 0. The summed E-state index contributed by atoms with van der Waals surface area (Å²) in [7, 11) is 0. The third-order valence-corrected chi connectivity index (χ3v) is 0. The first-order valence-corrected chi connectivity index (χ1v) is 0. The quantitative estimate of drug-likeness (QED) is 0.474. The normalized spacial score (nSPS) is 0. The van der Waals surface area contributed by atoms with Gasteiger partial charge in [-0.1, -0.05) is 0 Å². The Labute approximate surface area is 82.0 Å². The minimum Gasteiger partial charge on any atom is 0 e. The van der Waals surface area contributed by atoms with Crippen LogP contribution in [0.25, 0.3) is 0 Å². The van der Waals surface area contributed by atoms with E-state index in [0.717, 1.165) is 0 Å². The van der Waals surface area contributed by atoms with Crippen LogP contribution in [0.15, 0.2) is 0 Å². The van der Waals surface area contributed by atoms with Gasteiger partial charge in [0.1, 0.15) is 0 Å². The third-order valence-electron chi connectivity index (χ3n) is 0. The summed E-state index contributed by atoms with van der Waals surface area (Å²) in [4.78, 5) is 0. The van der Waals surface area contributed by atoms with Crippen molar-refractivity contribution in [2.75, 3.05) is 0 Å². The second kappa shape index (κ2) is 17.3. The predicted octanol–water partition coefficient (Wildman–Crippen LogP) is -1.52. The summed E-state index contributed by atoms with van der Waals surface area (Å²) < 4.78 is 0. The standard InChI is InChI=1S/3Ga.Sn. The van der Waals surface area contributed by atoms with E-state index in [9.17, 15) is 0 Å². The number of rotatable bonds is 0. The second-order valence-electron chi connectivity index (χ2n) is 0. The van der Waals surface area contributed by atoms with Crippen molar-refractivity contribution in [1.29, 1.82) is 0 Å². The average molecular weight is 328 g/mol. The van der Waals surface area contributed by atoms with E-state index in [0.29, 0.717) is 0 Å². The molecule has 13 radical (unpaired) electrons. The minimum atomic E-state index is 0. The van der Waals surface area contributed by atoms with E-state index in [2.05, 4.69) is 0 Å². The summed E-state index contributed by atoms with van der Waals surface area (Å²) in [6.07, 6.45) is 0. The molecule has 0 saturated heterocycles. The van der Waals surface area contributed by atoms with Crippen LogP contribution in [0.1, 0.15) is 0 Å². The van der Waals surface area contributed by atoms with E-state index in [4.69, 9.17) is 0 Å². The van der Waals surface area contributed by atoms with Crippen LogP contribution in [0.5, 0.6) is 0 Å². The first-order valence-electron chi connectivity index (χ1n) is 0. The van der Waals surface area contributed by atoms with Crippen molar-refractivity contribution in [2.24, 2.45) is 0 Å². The van der Waals surface area contributed by atoms with Gasteiger partial charge in [-0.3, -0.25) is 0 Å². The molecule has 13 valence electrons. The summed E-state index contributed by atoms with van der Waals surface area (Å²) in [5.41, 5.74) is 0. The zero-order valence-electron chi connectivity index (χ0n) is 2.23.